The van der Waals surface area contributed by atoms with Gasteiger partial charge < -0.3 is 14.5 Å². The fourth-order valence-corrected chi connectivity index (χ4v) is 3.54. The van der Waals surface area contributed by atoms with E-state index in [4.69, 9.17) is 4.74 Å². The molecular formula is C19H25FN2O3. The van der Waals surface area contributed by atoms with E-state index >= 15 is 0 Å². The molecule has 1 aromatic carbocycles. The van der Waals surface area contributed by atoms with Crippen LogP contribution in [0.1, 0.15) is 32.1 Å². The van der Waals surface area contributed by atoms with Crippen LogP contribution in [-0.2, 0) is 9.59 Å². The molecule has 0 bridgehead atoms. The zero-order valence-electron chi connectivity index (χ0n) is 14.5. The van der Waals surface area contributed by atoms with Gasteiger partial charge in [-0.25, -0.2) is 4.39 Å². The minimum absolute atomic E-state index is 0.0310. The van der Waals surface area contributed by atoms with Crippen molar-refractivity contribution in [1.29, 1.82) is 0 Å². The van der Waals surface area contributed by atoms with Gasteiger partial charge in [-0.2, -0.15) is 0 Å². The minimum Gasteiger partial charge on any atom is -0.493 e. The molecule has 25 heavy (non-hydrogen) atoms. The van der Waals surface area contributed by atoms with Crippen LogP contribution in [-0.4, -0.2) is 54.4 Å². The fraction of sp³-hybridized carbons (Fsp3) is 0.579. The quantitative estimate of drug-likeness (QED) is 0.821. The predicted octanol–water partition coefficient (Wildman–Crippen LogP) is 2.46. The van der Waals surface area contributed by atoms with E-state index in [-0.39, 0.29) is 36.6 Å². The van der Waals surface area contributed by atoms with E-state index in [9.17, 15) is 14.0 Å². The Morgan fingerprint density at radius 3 is 2.48 bits per heavy atom. The van der Waals surface area contributed by atoms with E-state index in [1.54, 1.807) is 12.1 Å². The third-order valence-corrected chi connectivity index (χ3v) is 5.00. The maximum atomic E-state index is 13.1. The number of carbonyl (C=O) groups excluding carboxylic acids is 2. The fourth-order valence-electron chi connectivity index (χ4n) is 3.54. The second-order valence-corrected chi connectivity index (χ2v) is 6.74. The normalized spacial score (nSPS) is 18.4. The van der Waals surface area contributed by atoms with Crippen molar-refractivity contribution in [2.75, 3.05) is 32.8 Å². The third-order valence-electron chi connectivity index (χ3n) is 5.00. The lowest BCUT2D eigenvalue weighted by atomic mass is 9.95. The molecule has 2 saturated heterocycles. The summed E-state index contributed by atoms with van der Waals surface area (Å²) in [6.45, 7) is 3.26. The highest BCUT2D eigenvalue weighted by atomic mass is 19.1. The first-order valence-electron chi connectivity index (χ1n) is 9.08. The van der Waals surface area contributed by atoms with Gasteiger partial charge in [0, 0.05) is 38.2 Å². The lowest BCUT2D eigenvalue weighted by Gasteiger charge is -2.33. The molecule has 0 spiro atoms. The van der Waals surface area contributed by atoms with Gasteiger partial charge in [0.1, 0.15) is 11.6 Å². The van der Waals surface area contributed by atoms with Crippen LogP contribution in [0.25, 0.3) is 0 Å². The van der Waals surface area contributed by atoms with Crippen molar-refractivity contribution >= 4 is 11.8 Å². The summed E-state index contributed by atoms with van der Waals surface area (Å²) in [6.07, 6.45) is 3.96. The number of halogens is 1. The molecule has 2 amide bonds. The van der Waals surface area contributed by atoms with Gasteiger partial charge in [0.15, 0.2) is 0 Å². The topological polar surface area (TPSA) is 49.9 Å². The van der Waals surface area contributed by atoms with Crippen molar-refractivity contribution in [3.63, 3.8) is 0 Å². The smallest absolute Gasteiger partial charge is 0.225 e. The summed E-state index contributed by atoms with van der Waals surface area (Å²) in [6, 6.07) is 5.91. The van der Waals surface area contributed by atoms with E-state index in [1.165, 1.54) is 12.1 Å². The number of nitrogens with zero attached hydrogens (tertiary/aromatic N) is 2. The van der Waals surface area contributed by atoms with E-state index in [0.717, 1.165) is 38.8 Å². The van der Waals surface area contributed by atoms with Crippen LogP contribution in [0.5, 0.6) is 5.75 Å². The monoisotopic (exact) mass is 348 g/mol. The number of piperidine rings is 1. The van der Waals surface area contributed by atoms with Gasteiger partial charge in [0.25, 0.3) is 0 Å². The zero-order chi connectivity index (χ0) is 17.6. The Hall–Kier alpha value is -2.11. The van der Waals surface area contributed by atoms with Crippen LogP contribution in [0.2, 0.25) is 0 Å². The van der Waals surface area contributed by atoms with Crippen LogP contribution in [0.3, 0.4) is 0 Å². The molecule has 0 radical (unpaired) electrons. The predicted molar refractivity (Wildman–Crippen MR) is 91.6 cm³/mol. The molecule has 0 unspecified atom stereocenters. The highest BCUT2D eigenvalue weighted by Gasteiger charge is 2.31. The second-order valence-electron chi connectivity index (χ2n) is 6.74. The van der Waals surface area contributed by atoms with Crippen LogP contribution < -0.4 is 4.74 Å². The average Bonchev–Trinajstić information content (AvgIpc) is 3.16. The Morgan fingerprint density at radius 2 is 1.80 bits per heavy atom. The third kappa shape index (κ3) is 4.71. The van der Waals surface area contributed by atoms with E-state index in [0.29, 0.717) is 18.8 Å². The van der Waals surface area contributed by atoms with Crippen molar-refractivity contribution < 1.29 is 18.7 Å². The molecular weight excluding hydrogens is 323 g/mol. The first-order chi connectivity index (χ1) is 12.1. The van der Waals surface area contributed by atoms with Crippen molar-refractivity contribution in [2.45, 2.75) is 32.1 Å². The van der Waals surface area contributed by atoms with Crippen molar-refractivity contribution in [3.05, 3.63) is 30.1 Å². The van der Waals surface area contributed by atoms with Gasteiger partial charge in [-0.3, -0.25) is 9.59 Å². The number of amides is 2. The minimum atomic E-state index is -0.353. The van der Waals surface area contributed by atoms with Gasteiger partial charge in [0.2, 0.25) is 11.8 Å². The van der Waals surface area contributed by atoms with Crippen molar-refractivity contribution in [3.8, 4) is 5.75 Å². The molecule has 136 valence electrons. The van der Waals surface area contributed by atoms with Gasteiger partial charge in [-0.1, -0.05) is 6.07 Å². The SMILES string of the molecule is O=C(CCOc1cccc(F)c1)N1CCC(C(=O)N2CCCC2)CC1. The highest BCUT2D eigenvalue weighted by molar-refractivity contribution is 5.80. The van der Waals surface area contributed by atoms with Crippen LogP contribution in [0.15, 0.2) is 24.3 Å². The molecule has 6 heteroatoms. The van der Waals surface area contributed by atoms with Gasteiger partial charge in [0.05, 0.1) is 13.0 Å². The summed E-state index contributed by atoms with van der Waals surface area (Å²) in [5.41, 5.74) is 0. The summed E-state index contributed by atoms with van der Waals surface area (Å²) in [4.78, 5) is 28.4. The maximum absolute atomic E-state index is 13.1. The summed E-state index contributed by atoms with van der Waals surface area (Å²) in [7, 11) is 0. The summed E-state index contributed by atoms with van der Waals surface area (Å²) < 4.78 is 18.5. The van der Waals surface area contributed by atoms with Crippen molar-refractivity contribution in [2.24, 2.45) is 5.92 Å². The Kier molecular flexibility index (Phi) is 5.89. The van der Waals surface area contributed by atoms with E-state index in [2.05, 4.69) is 0 Å². The lowest BCUT2D eigenvalue weighted by molar-refractivity contribution is -0.140. The molecule has 5 nitrogen and oxygen atoms in total. The second kappa shape index (κ2) is 8.32. The molecule has 2 fully saturated rings. The Balaban J connectivity index is 1.38. The maximum Gasteiger partial charge on any atom is 0.225 e. The van der Waals surface area contributed by atoms with Crippen LogP contribution in [0.4, 0.5) is 4.39 Å². The molecule has 0 N–H and O–H groups in total. The number of carbonyl (C=O) groups is 2. The number of rotatable bonds is 5. The molecule has 2 heterocycles. The first-order valence-corrected chi connectivity index (χ1v) is 9.08. The lowest BCUT2D eigenvalue weighted by Crippen LogP contribution is -2.44. The zero-order valence-corrected chi connectivity index (χ0v) is 14.5. The average molecular weight is 348 g/mol. The molecule has 0 saturated carbocycles. The number of benzene rings is 1. The summed E-state index contributed by atoms with van der Waals surface area (Å²) in [5, 5.41) is 0. The Morgan fingerprint density at radius 1 is 1.08 bits per heavy atom. The molecule has 0 aliphatic carbocycles. The first kappa shape index (κ1) is 17.7. The van der Waals surface area contributed by atoms with E-state index in [1.807, 2.05) is 9.80 Å². The van der Waals surface area contributed by atoms with Gasteiger partial charge in [-0.05, 0) is 37.8 Å². The number of likely N-dealkylation sites (tertiary alicyclic amines) is 2. The molecule has 2 aliphatic heterocycles. The summed E-state index contributed by atoms with van der Waals surface area (Å²) in [5.74, 6) is 0.435. The highest BCUT2D eigenvalue weighted by Crippen LogP contribution is 2.22. The van der Waals surface area contributed by atoms with Gasteiger partial charge >= 0.3 is 0 Å². The number of hydrogen-bond donors (Lipinski definition) is 0. The Bertz CT molecular complexity index is 608. The molecule has 0 atom stereocenters. The standard InChI is InChI=1S/C19H25FN2O3/c20-16-4-3-5-17(14-16)25-13-8-18(23)21-11-6-15(7-12-21)19(24)22-9-1-2-10-22/h3-5,14-15H,1-2,6-13H2. The molecule has 1 aromatic rings. The Labute approximate surface area is 147 Å². The molecule has 3 rings (SSSR count). The molecule has 0 aromatic heterocycles. The van der Waals surface area contributed by atoms with E-state index < -0.39 is 0 Å². The van der Waals surface area contributed by atoms with Crippen LogP contribution >= 0.6 is 0 Å². The van der Waals surface area contributed by atoms with Gasteiger partial charge in [-0.15, -0.1) is 0 Å². The number of ether oxygens (including phenoxy) is 1. The van der Waals surface area contributed by atoms with Crippen LogP contribution in [0, 0.1) is 11.7 Å². The molecule has 2 aliphatic rings. The summed E-state index contributed by atoms with van der Waals surface area (Å²) >= 11 is 0. The number of hydrogen-bond acceptors (Lipinski definition) is 3. The largest absolute Gasteiger partial charge is 0.493 e. The van der Waals surface area contributed by atoms with Crippen molar-refractivity contribution in [1.82, 2.24) is 9.80 Å².